The number of benzene rings is 2. The zero-order valence-corrected chi connectivity index (χ0v) is 15.4. The standard InChI is InChI=1S/C20H23FN2O4/c1-3-26-16-6-8-17(9-7-16)27-13-19(24)22-10-11-23-20(25)15-5-4-14(2)18(21)12-15/h4-9,12H,3,10-11,13H2,1-2H3,(H,22,24)(H,23,25). The van der Waals surface area contributed by atoms with E-state index < -0.39 is 11.7 Å². The van der Waals surface area contributed by atoms with E-state index in [1.54, 1.807) is 43.3 Å². The first kappa shape index (κ1) is 20.2. The number of rotatable bonds is 9. The Morgan fingerprint density at radius 3 is 2.22 bits per heavy atom. The van der Waals surface area contributed by atoms with Crippen LogP contribution in [0.4, 0.5) is 4.39 Å². The van der Waals surface area contributed by atoms with E-state index in [1.165, 1.54) is 6.07 Å². The molecule has 0 bridgehead atoms. The SMILES string of the molecule is CCOc1ccc(OCC(=O)NCCNC(=O)c2ccc(C)c(F)c2)cc1. The van der Waals surface area contributed by atoms with Crippen LogP contribution in [0.2, 0.25) is 0 Å². The highest BCUT2D eigenvalue weighted by atomic mass is 19.1. The van der Waals surface area contributed by atoms with Crippen LogP contribution in [-0.2, 0) is 4.79 Å². The number of hydrogen-bond donors (Lipinski definition) is 2. The van der Waals surface area contributed by atoms with Gasteiger partial charge in [-0.15, -0.1) is 0 Å². The summed E-state index contributed by atoms with van der Waals surface area (Å²) in [7, 11) is 0. The second kappa shape index (κ2) is 10.2. The van der Waals surface area contributed by atoms with E-state index in [2.05, 4.69) is 10.6 Å². The third-order valence-corrected chi connectivity index (χ3v) is 3.67. The molecule has 6 nitrogen and oxygen atoms in total. The highest BCUT2D eigenvalue weighted by Gasteiger charge is 2.08. The number of halogens is 1. The van der Waals surface area contributed by atoms with Gasteiger partial charge in [0.1, 0.15) is 17.3 Å². The van der Waals surface area contributed by atoms with Gasteiger partial charge in [0.15, 0.2) is 6.61 Å². The molecule has 0 fully saturated rings. The van der Waals surface area contributed by atoms with Gasteiger partial charge in [0.05, 0.1) is 6.61 Å². The third-order valence-electron chi connectivity index (χ3n) is 3.67. The van der Waals surface area contributed by atoms with Crippen LogP contribution in [0.3, 0.4) is 0 Å². The van der Waals surface area contributed by atoms with Gasteiger partial charge < -0.3 is 20.1 Å². The summed E-state index contributed by atoms with van der Waals surface area (Å²) in [5, 5.41) is 5.25. The largest absolute Gasteiger partial charge is 0.494 e. The Labute approximate surface area is 157 Å². The molecular formula is C20H23FN2O4. The molecule has 2 N–H and O–H groups in total. The van der Waals surface area contributed by atoms with E-state index in [9.17, 15) is 14.0 Å². The van der Waals surface area contributed by atoms with Crippen LogP contribution < -0.4 is 20.1 Å². The second-order valence-electron chi connectivity index (χ2n) is 5.76. The molecule has 0 unspecified atom stereocenters. The lowest BCUT2D eigenvalue weighted by atomic mass is 10.1. The van der Waals surface area contributed by atoms with E-state index in [4.69, 9.17) is 9.47 Å². The molecule has 7 heteroatoms. The van der Waals surface area contributed by atoms with Crippen molar-refractivity contribution < 1.29 is 23.5 Å². The van der Waals surface area contributed by atoms with Crippen molar-refractivity contribution in [3.63, 3.8) is 0 Å². The summed E-state index contributed by atoms with van der Waals surface area (Å²) >= 11 is 0. The molecule has 2 aromatic carbocycles. The van der Waals surface area contributed by atoms with Crippen LogP contribution in [0.15, 0.2) is 42.5 Å². The van der Waals surface area contributed by atoms with Gasteiger partial charge in [-0.1, -0.05) is 6.07 Å². The fraction of sp³-hybridized carbons (Fsp3) is 0.300. The first-order chi connectivity index (χ1) is 13.0. The lowest BCUT2D eigenvalue weighted by Gasteiger charge is -2.09. The average Bonchev–Trinajstić information content (AvgIpc) is 2.67. The summed E-state index contributed by atoms with van der Waals surface area (Å²) in [5.74, 6) is 0.164. The number of ether oxygens (including phenoxy) is 2. The predicted octanol–water partition coefficient (Wildman–Crippen LogP) is 2.46. The zero-order valence-electron chi connectivity index (χ0n) is 15.4. The molecule has 2 amide bonds. The molecule has 0 radical (unpaired) electrons. The lowest BCUT2D eigenvalue weighted by Crippen LogP contribution is -2.36. The van der Waals surface area contributed by atoms with E-state index >= 15 is 0 Å². The molecule has 144 valence electrons. The fourth-order valence-corrected chi connectivity index (χ4v) is 2.21. The number of amides is 2. The number of carbonyl (C=O) groups is 2. The lowest BCUT2D eigenvalue weighted by molar-refractivity contribution is -0.123. The van der Waals surface area contributed by atoms with E-state index in [0.717, 1.165) is 5.75 Å². The van der Waals surface area contributed by atoms with Gasteiger partial charge >= 0.3 is 0 Å². The van der Waals surface area contributed by atoms with Crippen LogP contribution >= 0.6 is 0 Å². The summed E-state index contributed by atoms with van der Waals surface area (Å²) in [6, 6.07) is 11.3. The quantitative estimate of drug-likeness (QED) is 0.661. The second-order valence-corrected chi connectivity index (χ2v) is 5.76. The highest BCUT2D eigenvalue weighted by Crippen LogP contribution is 2.17. The molecule has 0 aliphatic carbocycles. The minimum atomic E-state index is -0.428. The van der Waals surface area contributed by atoms with Crippen molar-refractivity contribution in [2.24, 2.45) is 0 Å². The van der Waals surface area contributed by atoms with Crippen molar-refractivity contribution in [2.75, 3.05) is 26.3 Å². The maximum Gasteiger partial charge on any atom is 0.258 e. The van der Waals surface area contributed by atoms with Gasteiger partial charge in [0.2, 0.25) is 0 Å². The van der Waals surface area contributed by atoms with E-state index in [0.29, 0.717) is 17.9 Å². The smallest absolute Gasteiger partial charge is 0.258 e. The molecule has 2 rings (SSSR count). The minimum absolute atomic E-state index is 0.134. The molecule has 2 aromatic rings. The molecule has 0 saturated carbocycles. The summed E-state index contributed by atoms with van der Waals surface area (Å²) < 4.78 is 24.2. The average molecular weight is 374 g/mol. The molecule has 0 aliphatic heterocycles. The summed E-state index contributed by atoms with van der Waals surface area (Å²) in [4.78, 5) is 23.7. The number of nitrogens with one attached hydrogen (secondary N) is 2. The first-order valence-electron chi connectivity index (χ1n) is 8.66. The van der Waals surface area contributed by atoms with Crippen LogP contribution in [0.1, 0.15) is 22.8 Å². The Hall–Kier alpha value is -3.09. The molecule has 27 heavy (non-hydrogen) atoms. The van der Waals surface area contributed by atoms with Gasteiger partial charge in [0.25, 0.3) is 11.8 Å². The fourth-order valence-electron chi connectivity index (χ4n) is 2.21. The van der Waals surface area contributed by atoms with Crippen molar-refractivity contribution >= 4 is 11.8 Å². The Balaban J connectivity index is 1.65. The minimum Gasteiger partial charge on any atom is -0.494 e. The van der Waals surface area contributed by atoms with Crippen molar-refractivity contribution in [1.29, 1.82) is 0 Å². The maximum absolute atomic E-state index is 13.5. The summed E-state index contributed by atoms with van der Waals surface area (Å²) in [6.07, 6.45) is 0. The number of carbonyl (C=O) groups excluding carboxylic acids is 2. The Morgan fingerprint density at radius 1 is 0.963 bits per heavy atom. The van der Waals surface area contributed by atoms with Gasteiger partial charge in [-0.3, -0.25) is 9.59 Å². The predicted molar refractivity (Wildman–Crippen MR) is 99.6 cm³/mol. The molecule has 0 atom stereocenters. The Morgan fingerprint density at radius 2 is 1.59 bits per heavy atom. The molecule has 0 spiro atoms. The van der Waals surface area contributed by atoms with E-state index in [1.807, 2.05) is 6.92 Å². The summed E-state index contributed by atoms with van der Waals surface area (Å²) in [6.45, 7) is 4.44. The van der Waals surface area contributed by atoms with Gasteiger partial charge in [-0.05, 0) is 55.8 Å². The van der Waals surface area contributed by atoms with Gasteiger partial charge in [0, 0.05) is 18.7 Å². The molecule has 0 aliphatic rings. The zero-order chi connectivity index (χ0) is 19.6. The topological polar surface area (TPSA) is 76.7 Å². The molecule has 0 aromatic heterocycles. The van der Waals surface area contributed by atoms with E-state index in [-0.39, 0.29) is 31.2 Å². The Kier molecular flexibility index (Phi) is 7.61. The molecule has 0 heterocycles. The van der Waals surface area contributed by atoms with Crippen LogP contribution in [0, 0.1) is 12.7 Å². The van der Waals surface area contributed by atoms with Crippen LogP contribution in [0.5, 0.6) is 11.5 Å². The van der Waals surface area contributed by atoms with Crippen molar-refractivity contribution in [3.8, 4) is 11.5 Å². The normalized spacial score (nSPS) is 10.2. The third kappa shape index (κ3) is 6.62. The van der Waals surface area contributed by atoms with Gasteiger partial charge in [-0.2, -0.15) is 0 Å². The number of aryl methyl sites for hydroxylation is 1. The van der Waals surface area contributed by atoms with Gasteiger partial charge in [-0.25, -0.2) is 4.39 Å². The highest BCUT2D eigenvalue weighted by molar-refractivity contribution is 5.94. The Bertz CT molecular complexity index is 778. The van der Waals surface area contributed by atoms with Crippen LogP contribution in [0.25, 0.3) is 0 Å². The van der Waals surface area contributed by atoms with Crippen molar-refractivity contribution in [1.82, 2.24) is 10.6 Å². The van der Waals surface area contributed by atoms with Crippen molar-refractivity contribution in [3.05, 3.63) is 59.4 Å². The molecular weight excluding hydrogens is 351 g/mol. The van der Waals surface area contributed by atoms with Crippen LogP contribution in [-0.4, -0.2) is 38.1 Å². The number of hydrogen-bond acceptors (Lipinski definition) is 4. The maximum atomic E-state index is 13.5. The summed E-state index contributed by atoms with van der Waals surface area (Å²) in [5.41, 5.74) is 0.717. The van der Waals surface area contributed by atoms with Crippen molar-refractivity contribution in [2.45, 2.75) is 13.8 Å². The monoisotopic (exact) mass is 374 g/mol. The molecule has 0 saturated heterocycles. The first-order valence-corrected chi connectivity index (χ1v) is 8.66.